The van der Waals surface area contributed by atoms with Gasteiger partial charge in [-0.15, -0.1) is 12.4 Å². The fourth-order valence-electron chi connectivity index (χ4n) is 1.53. The Bertz CT molecular complexity index is 452. The smallest absolute Gasteiger partial charge is 0.270 e. The third-order valence-corrected chi connectivity index (χ3v) is 2.57. The summed E-state index contributed by atoms with van der Waals surface area (Å²) in [5.74, 6) is -0.271. The standard InChI is InChI=1S/C12H17N3O3.ClH/c1-9-4-5-10(15(17)18)8-11(9)12(16)14-7-3-6-13-2;/h4-5,8,13H,3,6-7H2,1-2H3,(H,14,16);1H. The molecule has 1 amide bonds. The lowest BCUT2D eigenvalue weighted by Crippen LogP contribution is -2.27. The molecule has 0 heterocycles. The van der Waals surface area contributed by atoms with Crippen LogP contribution in [0.15, 0.2) is 18.2 Å². The highest BCUT2D eigenvalue weighted by atomic mass is 35.5. The van der Waals surface area contributed by atoms with Gasteiger partial charge in [-0.25, -0.2) is 0 Å². The highest BCUT2D eigenvalue weighted by Gasteiger charge is 2.13. The number of nitro benzene ring substituents is 1. The third kappa shape index (κ3) is 5.23. The van der Waals surface area contributed by atoms with Crippen molar-refractivity contribution >= 4 is 24.0 Å². The molecule has 0 aliphatic carbocycles. The number of halogens is 1. The van der Waals surface area contributed by atoms with Crippen molar-refractivity contribution in [2.75, 3.05) is 20.1 Å². The Kier molecular flexibility index (Phi) is 7.71. The minimum atomic E-state index is -0.503. The molecule has 0 unspecified atom stereocenters. The number of nitro groups is 1. The highest BCUT2D eigenvalue weighted by Crippen LogP contribution is 2.17. The van der Waals surface area contributed by atoms with Gasteiger partial charge >= 0.3 is 0 Å². The predicted octanol–water partition coefficient (Wildman–Crippen LogP) is 1.66. The minimum Gasteiger partial charge on any atom is -0.352 e. The Morgan fingerprint density at radius 2 is 2.05 bits per heavy atom. The van der Waals surface area contributed by atoms with Crippen LogP contribution in [-0.2, 0) is 0 Å². The Morgan fingerprint density at radius 3 is 2.63 bits per heavy atom. The van der Waals surface area contributed by atoms with Gasteiger partial charge in [0.2, 0.25) is 0 Å². The second-order valence-electron chi connectivity index (χ2n) is 3.97. The fraction of sp³-hybridized carbons (Fsp3) is 0.417. The number of carbonyl (C=O) groups excluding carboxylic acids is 1. The molecule has 0 atom stereocenters. The molecular formula is C12H18ClN3O3. The van der Waals surface area contributed by atoms with Gasteiger partial charge in [-0.3, -0.25) is 14.9 Å². The Morgan fingerprint density at radius 1 is 1.37 bits per heavy atom. The van der Waals surface area contributed by atoms with Gasteiger partial charge in [0.1, 0.15) is 0 Å². The molecule has 0 bridgehead atoms. The number of benzene rings is 1. The Labute approximate surface area is 118 Å². The van der Waals surface area contributed by atoms with E-state index in [2.05, 4.69) is 10.6 Å². The molecule has 7 heteroatoms. The normalized spacial score (nSPS) is 9.58. The molecule has 6 nitrogen and oxygen atoms in total. The number of hydrogen-bond acceptors (Lipinski definition) is 4. The Balaban J connectivity index is 0.00000324. The molecule has 1 rings (SSSR count). The zero-order valence-electron chi connectivity index (χ0n) is 10.9. The van der Waals surface area contributed by atoms with Crippen LogP contribution in [0.5, 0.6) is 0 Å². The van der Waals surface area contributed by atoms with Crippen LogP contribution in [-0.4, -0.2) is 31.0 Å². The van der Waals surface area contributed by atoms with Crippen LogP contribution >= 0.6 is 12.4 Å². The molecule has 0 spiro atoms. The van der Waals surface area contributed by atoms with Crippen LogP contribution in [0.25, 0.3) is 0 Å². The maximum atomic E-state index is 11.8. The molecule has 1 aromatic carbocycles. The van der Waals surface area contributed by atoms with Crippen LogP contribution in [0.1, 0.15) is 22.3 Å². The molecule has 0 radical (unpaired) electrons. The SMILES string of the molecule is CNCCCNC(=O)c1cc([N+](=O)[O-])ccc1C.Cl. The van der Waals surface area contributed by atoms with Gasteiger partial charge in [-0.2, -0.15) is 0 Å². The molecule has 2 N–H and O–H groups in total. The number of aryl methyl sites for hydroxylation is 1. The van der Waals surface area contributed by atoms with Crippen molar-refractivity contribution in [2.45, 2.75) is 13.3 Å². The van der Waals surface area contributed by atoms with Gasteiger partial charge < -0.3 is 10.6 Å². The van der Waals surface area contributed by atoms with Gasteiger partial charge in [0, 0.05) is 24.2 Å². The quantitative estimate of drug-likeness (QED) is 0.473. The van der Waals surface area contributed by atoms with E-state index in [9.17, 15) is 14.9 Å². The molecule has 106 valence electrons. The van der Waals surface area contributed by atoms with Gasteiger partial charge in [-0.1, -0.05) is 6.07 Å². The summed E-state index contributed by atoms with van der Waals surface area (Å²) in [6, 6.07) is 4.29. The lowest BCUT2D eigenvalue weighted by atomic mass is 10.1. The first-order valence-corrected chi connectivity index (χ1v) is 5.74. The van der Waals surface area contributed by atoms with E-state index in [-0.39, 0.29) is 24.0 Å². The maximum absolute atomic E-state index is 11.8. The van der Waals surface area contributed by atoms with Gasteiger partial charge in [0.05, 0.1) is 4.92 Å². The second kappa shape index (κ2) is 8.44. The lowest BCUT2D eigenvalue weighted by Gasteiger charge is -2.07. The molecule has 0 saturated heterocycles. The van der Waals surface area contributed by atoms with Crippen molar-refractivity contribution in [1.29, 1.82) is 0 Å². The zero-order chi connectivity index (χ0) is 13.5. The van der Waals surface area contributed by atoms with Crippen LogP contribution in [0, 0.1) is 17.0 Å². The number of carbonyl (C=O) groups is 1. The average Bonchev–Trinajstić information content (AvgIpc) is 2.34. The summed E-state index contributed by atoms with van der Waals surface area (Å²) in [6.07, 6.45) is 0.816. The topological polar surface area (TPSA) is 84.3 Å². The maximum Gasteiger partial charge on any atom is 0.270 e. The molecular weight excluding hydrogens is 270 g/mol. The van der Waals surface area contributed by atoms with Crippen LogP contribution < -0.4 is 10.6 Å². The van der Waals surface area contributed by atoms with E-state index in [0.717, 1.165) is 18.5 Å². The van der Waals surface area contributed by atoms with E-state index in [1.54, 1.807) is 13.0 Å². The minimum absolute atomic E-state index is 0. The van der Waals surface area contributed by atoms with Crippen LogP contribution in [0.2, 0.25) is 0 Å². The largest absolute Gasteiger partial charge is 0.352 e. The van der Waals surface area contributed by atoms with E-state index in [0.29, 0.717) is 12.1 Å². The lowest BCUT2D eigenvalue weighted by molar-refractivity contribution is -0.384. The van der Waals surface area contributed by atoms with E-state index in [1.807, 2.05) is 7.05 Å². The van der Waals surface area contributed by atoms with Crippen molar-refractivity contribution in [3.05, 3.63) is 39.4 Å². The number of hydrogen-bond donors (Lipinski definition) is 2. The third-order valence-electron chi connectivity index (χ3n) is 2.57. The molecule has 0 aromatic heterocycles. The summed E-state index contributed by atoms with van der Waals surface area (Å²) >= 11 is 0. The summed E-state index contributed by atoms with van der Waals surface area (Å²) in [5, 5.41) is 16.4. The van der Waals surface area contributed by atoms with Gasteiger partial charge in [0.25, 0.3) is 11.6 Å². The number of non-ortho nitro benzene ring substituents is 1. The van der Waals surface area contributed by atoms with Crippen molar-refractivity contribution in [3.8, 4) is 0 Å². The van der Waals surface area contributed by atoms with E-state index >= 15 is 0 Å². The number of amides is 1. The number of nitrogens with zero attached hydrogens (tertiary/aromatic N) is 1. The summed E-state index contributed by atoms with van der Waals surface area (Å²) in [6.45, 7) is 3.11. The highest BCUT2D eigenvalue weighted by molar-refractivity contribution is 5.96. The first-order valence-electron chi connectivity index (χ1n) is 5.74. The van der Waals surface area contributed by atoms with E-state index in [4.69, 9.17) is 0 Å². The molecule has 1 aromatic rings. The predicted molar refractivity (Wildman–Crippen MR) is 76.0 cm³/mol. The summed E-state index contributed by atoms with van der Waals surface area (Å²) < 4.78 is 0. The number of nitrogens with one attached hydrogen (secondary N) is 2. The van der Waals surface area contributed by atoms with Crippen LogP contribution in [0.4, 0.5) is 5.69 Å². The fourth-order valence-corrected chi connectivity index (χ4v) is 1.53. The van der Waals surface area contributed by atoms with Gasteiger partial charge in [-0.05, 0) is 32.5 Å². The summed E-state index contributed by atoms with van der Waals surface area (Å²) in [4.78, 5) is 22.0. The van der Waals surface area contributed by atoms with Crippen molar-refractivity contribution in [2.24, 2.45) is 0 Å². The van der Waals surface area contributed by atoms with E-state index in [1.165, 1.54) is 12.1 Å². The molecule has 0 saturated carbocycles. The monoisotopic (exact) mass is 287 g/mol. The number of rotatable bonds is 6. The summed E-state index contributed by atoms with van der Waals surface area (Å²) in [7, 11) is 1.84. The molecule has 0 fully saturated rings. The Hall–Kier alpha value is -1.66. The van der Waals surface area contributed by atoms with Crippen LogP contribution in [0.3, 0.4) is 0 Å². The zero-order valence-corrected chi connectivity index (χ0v) is 11.8. The van der Waals surface area contributed by atoms with Crippen molar-refractivity contribution < 1.29 is 9.72 Å². The van der Waals surface area contributed by atoms with Crippen molar-refractivity contribution in [1.82, 2.24) is 10.6 Å². The second-order valence-corrected chi connectivity index (χ2v) is 3.97. The van der Waals surface area contributed by atoms with Crippen molar-refractivity contribution in [3.63, 3.8) is 0 Å². The average molecular weight is 288 g/mol. The summed E-state index contributed by atoms with van der Waals surface area (Å²) in [5.41, 5.74) is 1.02. The van der Waals surface area contributed by atoms with E-state index < -0.39 is 4.92 Å². The van der Waals surface area contributed by atoms with Gasteiger partial charge in [0.15, 0.2) is 0 Å². The molecule has 0 aliphatic rings. The first-order chi connectivity index (χ1) is 8.56. The molecule has 19 heavy (non-hydrogen) atoms. The first kappa shape index (κ1) is 17.3. The molecule has 0 aliphatic heterocycles.